The molecule has 0 aromatic heterocycles. The third kappa shape index (κ3) is 5.63. The van der Waals surface area contributed by atoms with Gasteiger partial charge in [0.1, 0.15) is 6.73 Å². The molecule has 66 valence electrons. The molecule has 0 aliphatic carbocycles. The topological polar surface area (TPSA) is 59.6 Å². The van der Waals surface area contributed by atoms with E-state index in [1.165, 1.54) is 14.2 Å². The normalized spacial score (nSPS) is 12.3. The average Bonchev–Trinajstić information content (AvgIpc) is 2.04. The van der Waals surface area contributed by atoms with Gasteiger partial charge in [-0.1, -0.05) is 0 Å². The monoisotopic (exact) mass is 162 g/mol. The van der Waals surface area contributed by atoms with Crippen LogP contribution in [0.2, 0.25) is 0 Å². The lowest BCUT2D eigenvalue weighted by Gasteiger charge is -2.10. The van der Waals surface area contributed by atoms with Gasteiger partial charge in [-0.25, -0.2) is 4.79 Å². The number of hydrogen-bond donors (Lipinski definition) is 2. The first-order chi connectivity index (χ1) is 5.20. The van der Waals surface area contributed by atoms with E-state index >= 15 is 0 Å². The lowest BCUT2D eigenvalue weighted by molar-refractivity contribution is -0.113. The van der Waals surface area contributed by atoms with E-state index in [1.807, 2.05) is 0 Å². The number of amides is 2. The Labute approximate surface area is 66.1 Å². The highest BCUT2D eigenvalue weighted by Gasteiger charge is 1.98. The molecular weight excluding hydrogens is 148 g/mol. The predicted octanol–water partition coefficient (Wildman–Crippen LogP) is -0.118. The molecule has 1 unspecified atom stereocenters. The van der Waals surface area contributed by atoms with Gasteiger partial charge in [-0.3, -0.25) is 0 Å². The van der Waals surface area contributed by atoms with E-state index in [4.69, 9.17) is 9.47 Å². The zero-order valence-electron chi connectivity index (χ0n) is 7.01. The molecule has 11 heavy (non-hydrogen) atoms. The van der Waals surface area contributed by atoms with Gasteiger partial charge in [0.15, 0.2) is 6.29 Å². The minimum atomic E-state index is -0.299. The lowest BCUT2D eigenvalue weighted by Crippen LogP contribution is -2.35. The molecule has 0 aromatic rings. The third-order valence-corrected chi connectivity index (χ3v) is 1.11. The number of urea groups is 1. The molecule has 2 N–H and O–H groups in total. The van der Waals surface area contributed by atoms with Crippen molar-refractivity contribution >= 4 is 6.03 Å². The molecule has 0 aliphatic rings. The molecule has 0 saturated heterocycles. The van der Waals surface area contributed by atoms with Crippen LogP contribution in [-0.4, -0.2) is 33.2 Å². The first kappa shape index (κ1) is 10.2. The summed E-state index contributed by atoms with van der Waals surface area (Å²) >= 11 is 0. The smallest absolute Gasteiger partial charge is 0.316 e. The summed E-state index contributed by atoms with van der Waals surface area (Å²) in [6, 6.07) is -0.270. The van der Waals surface area contributed by atoms with Gasteiger partial charge in [0.05, 0.1) is 0 Å². The molecule has 0 saturated carbocycles. The molecule has 5 nitrogen and oxygen atoms in total. The van der Waals surface area contributed by atoms with Crippen LogP contribution < -0.4 is 10.6 Å². The Hall–Kier alpha value is -0.810. The van der Waals surface area contributed by atoms with Crippen LogP contribution in [0.4, 0.5) is 4.79 Å². The van der Waals surface area contributed by atoms with Crippen molar-refractivity contribution in [2.24, 2.45) is 0 Å². The van der Waals surface area contributed by atoms with Crippen molar-refractivity contribution in [3.8, 4) is 0 Å². The van der Waals surface area contributed by atoms with Crippen LogP contribution in [0.15, 0.2) is 0 Å². The van der Waals surface area contributed by atoms with Crippen molar-refractivity contribution in [3.05, 3.63) is 0 Å². The molecule has 0 aliphatic heterocycles. The first-order valence-electron chi connectivity index (χ1n) is 3.30. The van der Waals surface area contributed by atoms with Crippen LogP contribution in [0.3, 0.4) is 0 Å². The van der Waals surface area contributed by atoms with Crippen LogP contribution in [0.1, 0.15) is 6.92 Å². The number of carbonyl (C=O) groups excluding carboxylic acids is 1. The highest BCUT2D eigenvalue weighted by Crippen LogP contribution is 1.86. The summed E-state index contributed by atoms with van der Waals surface area (Å²) in [6.45, 7) is 1.89. The fourth-order valence-corrected chi connectivity index (χ4v) is 0.381. The molecule has 2 amide bonds. The Morgan fingerprint density at radius 1 is 1.64 bits per heavy atom. The van der Waals surface area contributed by atoms with E-state index < -0.39 is 0 Å². The van der Waals surface area contributed by atoms with Gasteiger partial charge in [-0.15, -0.1) is 0 Å². The van der Waals surface area contributed by atoms with Crippen molar-refractivity contribution < 1.29 is 14.3 Å². The summed E-state index contributed by atoms with van der Waals surface area (Å²) in [4.78, 5) is 10.5. The summed E-state index contributed by atoms with van der Waals surface area (Å²) < 4.78 is 9.74. The van der Waals surface area contributed by atoms with Gasteiger partial charge >= 0.3 is 6.03 Å². The number of ether oxygens (including phenoxy) is 2. The molecule has 0 fully saturated rings. The maximum atomic E-state index is 10.5. The van der Waals surface area contributed by atoms with E-state index in [9.17, 15) is 4.79 Å². The predicted molar refractivity (Wildman–Crippen MR) is 40.0 cm³/mol. The molecule has 0 radical (unpaired) electrons. The quantitative estimate of drug-likeness (QED) is 0.567. The number of carbonyl (C=O) groups is 1. The number of nitrogens with one attached hydrogen (secondary N) is 2. The maximum Gasteiger partial charge on any atom is 0.316 e. The van der Waals surface area contributed by atoms with Crippen LogP contribution in [0.5, 0.6) is 0 Å². The zero-order valence-corrected chi connectivity index (χ0v) is 7.01. The highest BCUT2D eigenvalue weighted by molar-refractivity contribution is 5.73. The largest absolute Gasteiger partial charge is 0.356 e. The van der Waals surface area contributed by atoms with E-state index in [-0.39, 0.29) is 19.1 Å². The van der Waals surface area contributed by atoms with E-state index in [1.54, 1.807) is 6.92 Å². The Balaban J connectivity index is 3.20. The molecule has 5 heteroatoms. The van der Waals surface area contributed by atoms with Gasteiger partial charge in [0.2, 0.25) is 0 Å². The molecule has 0 rings (SSSR count). The fourth-order valence-electron chi connectivity index (χ4n) is 0.381. The fraction of sp³-hybridized carbons (Fsp3) is 0.833. The Morgan fingerprint density at radius 2 is 2.27 bits per heavy atom. The second-order valence-corrected chi connectivity index (χ2v) is 1.87. The second kappa shape index (κ2) is 5.94. The van der Waals surface area contributed by atoms with Crippen molar-refractivity contribution in [2.45, 2.75) is 13.2 Å². The summed E-state index contributed by atoms with van der Waals surface area (Å²) in [7, 11) is 3.07. The van der Waals surface area contributed by atoms with Gasteiger partial charge < -0.3 is 20.1 Å². The van der Waals surface area contributed by atoms with E-state index in [0.717, 1.165) is 0 Å². The van der Waals surface area contributed by atoms with Crippen LogP contribution in [0, 0.1) is 0 Å². The van der Waals surface area contributed by atoms with Gasteiger partial charge in [-0.2, -0.15) is 0 Å². The summed E-state index contributed by atoms with van der Waals surface area (Å²) in [5, 5.41) is 4.83. The van der Waals surface area contributed by atoms with Gasteiger partial charge in [0.25, 0.3) is 0 Å². The highest BCUT2D eigenvalue weighted by atomic mass is 16.7. The Kier molecular flexibility index (Phi) is 5.50. The average molecular weight is 162 g/mol. The van der Waals surface area contributed by atoms with Crippen LogP contribution in [0.25, 0.3) is 0 Å². The summed E-state index contributed by atoms with van der Waals surface area (Å²) in [5.74, 6) is 0. The van der Waals surface area contributed by atoms with Crippen LogP contribution in [-0.2, 0) is 9.47 Å². The summed E-state index contributed by atoms with van der Waals surface area (Å²) in [6.07, 6.45) is -0.299. The van der Waals surface area contributed by atoms with Crippen molar-refractivity contribution in [1.29, 1.82) is 0 Å². The molecule has 0 aromatic carbocycles. The first-order valence-corrected chi connectivity index (χ1v) is 3.30. The lowest BCUT2D eigenvalue weighted by atomic mass is 10.7. The van der Waals surface area contributed by atoms with E-state index in [2.05, 4.69) is 10.6 Å². The number of hydrogen-bond acceptors (Lipinski definition) is 3. The van der Waals surface area contributed by atoms with E-state index in [0.29, 0.717) is 0 Å². The maximum absolute atomic E-state index is 10.5. The molecule has 0 heterocycles. The van der Waals surface area contributed by atoms with Gasteiger partial charge in [-0.05, 0) is 6.92 Å². The Bertz CT molecular complexity index is 118. The third-order valence-electron chi connectivity index (χ3n) is 1.11. The molecule has 0 spiro atoms. The molecular formula is C6H14N2O3. The number of rotatable bonds is 4. The molecule has 1 atom stereocenters. The van der Waals surface area contributed by atoms with Gasteiger partial charge in [0, 0.05) is 14.2 Å². The van der Waals surface area contributed by atoms with Crippen molar-refractivity contribution in [3.63, 3.8) is 0 Å². The zero-order chi connectivity index (χ0) is 8.69. The number of methoxy groups -OCH3 is 1. The standard InChI is InChI=1S/C6H14N2O3/c1-5(10-3)11-4-8-6(9)7-2/h5H,4H2,1-3H3,(H2,7,8,9). The molecule has 0 bridgehead atoms. The van der Waals surface area contributed by atoms with Crippen molar-refractivity contribution in [1.82, 2.24) is 10.6 Å². The van der Waals surface area contributed by atoms with Crippen LogP contribution >= 0.6 is 0 Å². The SMILES string of the molecule is CNC(=O)NCOC(C)OC. The second-order valence-electron chi connectivity index (χ2n) is 1.87. The summed E-state index contributed by atoms with van der Waals surface area (Å²) in [5.41, 5.74) is 0. The minimum Gasteiger partial charge on any atom is -0.356 e. The minimum absolute atomic E-state index is 0.147. The Morgan fingerprint density at radius 3 is 2.73 bits per heavy atom. The van der Waals surface area contributed by atoms with Crippen molar-refractivity contribution in [2.75, 3.05) is 20.9 Å².